The molecule has 0 saturated heterocycles. The van der Waals surface area contributed by atoms with Crippen molar-refractivity contribution in [3.05, 3.63) is 17.8 Å². The lowest BCUT2D eigenvalue weighted by Gasteiger charge is -2.27. The van der Waals surface area contributed by atoms with Gasteiger partial charge < -0.3 is 10.3 Å². The van der Waals surface area contributed by atoms with Crippen molar-refractivity contribution in [3.63, 3.8) is 0 Å². The van der Waals surface area contributed by atoms with Crippen molar-refractivity contribution in [2.75, 3.05) is 12.5 Å². The van der Waals surface area contributed by atoms with Gasteiger partial charge in [0.05, 0.1) is 0 Å². The number of carbonyl (C=O) groups excluding carboxylic acids is 1. The van der Waals surface area contributed by atoms with Gasteiger partial charge in [-0.15, -0.1) is 10.2 Å². The van der Waals surface area contributed by atoms with Gasteiger partial charge in [0.15, 0.2) is 11.5 Å². The van der Waals surface area contributed by atoms with Crippen molar-refractivity contribution in [1.82, 2.24) is 15.1 Å². The number of amides is 1. The number of nitrogen functional groups attached to an aromatic ring is 1. The van der Waals surface area contributed by atoms with Crippen LogP contribution < -0.4 is 11.3 Å². The maximum absolute atomic E-state index is 12.1. The summed E-state index contributed by atoms with van der Waals surface area (Å²) < 4.78 is 0. The fourth-order valence-electron chi connectivity index (χ4n) is 1.34. The molecule has 0 aliphatic heterocycles. The highest BCUT2D eigenvalue weighted by Gasteiger charge is 2.21. The number of nitrogens with zero attached hydrogens (tertiary/aromatic N) is 3. The van der Waals surface area contributed by atoms with E-state index in [1.807, 2.05) is 6.92 Å². The van der Waals surface area contributed by atoms with Crippen LogP contribution in [0.2, 0.25) is 0 Å². The Labute approximate surface area is 101 Å². The summed E-state index contributed by atoms with van der Waals surface area (Å²) in [4.78, 5) is 13.7. The predicted octanol–water partition coefficient (Wildman–Crippen LogP) is 0.879. The molecule has 6 nitrogen and oxygen atoms in total. The van der Waals surface area contributed by atoms with E-state index in [0.717, 1.165) is 0 Å². The molecule has 0 spiro atoms. The number of aromatic nitrogens is 2. The van der Waals surface area contributed by atoms with Gasteiger partial charge in [-0.3, -0.25) is 4.79 Å². The minimum absolute atomic E-state index is 0.137. The average molecular weight is 237 g/mol. The average Bonchev–Trinajstić information content (AvgIpc) is 2.36. The molecule has 0 aromatic carbocycles. The topological polar surface area (TPSA) is 84.1 Å². The molecule has 17 heavy (non-hydrogen) atoms. The normalized spacial score (nSPS) is 12.4. The van der Waals surface area contributed by atoms with Gasteiger partial charge in [-0.1, -0.05) is 13.8 Å². The number of rotatable bonds is 4. The minimum atomic E-state index is -0.137. The summed E-state index contributed by atoms with van der Waals surface area (Å²) in [6, 6.07) is 3.37. The van der Waals surface area contributed by atoms with Gasteiger partial charge >= 0.3 is 0 Å². The van der Waals surface area contributed by atoms with Crippen LogP contribution in [0.5, 0.6) is 0 Å². The number of hydrogen-bond donors (Lipinski definition) is 2. The van der Waals surface area contributed by atoms with Crippen LogP contribution in [-0.2, 0) is 0 Å². The summed E-state index contributed by atoms with van der Waals surface area (Å²) in [7, 11) is 1.77. The second kappa shape index (κ2) is 5.58. The smallest absolute Gasteiger partial charge is 0.274 e. The maximum atomic E-state index is 12.1. The third-order valence-corrected chi connectivity index (χ3v) is 2.93. The lowest BCUT2D eigenvalue weighted by Crippen LogP contribution is -2.38. The number of anilines is 1. The molecule has 0 aliphatic carbocycles. The van der Waals surface area contributed by atoms with Gasteiger partial charge in [-0.2, -0.15) is 0 Å². The Kier molecular flexibility index (Phi) is 4.39. The van der Waals surface area contributed by atoms with Crippen molar-refractivity contribution in [3.8, 4) is 0 Å². The SMILES string of the molecule is CC(C)C(C)N(C)C(=O)c1ccc(NN)nn1. The Bertz CT molecular complexity index is 376. The van der Waals surface area contributed by atoms with E-state index < -0.39 is 0 Å². The first kappa shape index (κ1) is 13.4. The van der Waals surface area contributed by atoms with Crippen LogP contribution in [-0.4, -0.2) is 34.1 Å². The summed E-state index contributed by atoms with van der Waals surface area (Å²) >= 11 is 0. The molecule has 1 amide bonds. The number of hydrogen-bond acceptors (Lipinski definition) is 5. The molecule has 1 unspecified atom stereocenters. The summed E-state index contributed by atoms with van der Waals surface area (Å²) in [5, 5.41) is 7.60. The molecule has 3 N–H and O–H groups in total. The molecule has 94 valence electrons. The quantitative estimate of drug-likeness (QED) is 0.600. The summed E-state index contributed by atoms with van der Waals surface area (Å²) in [5.41, 5.74) is 2.68. The highest BCUT2D eigenvalue weighted by Crippen LogP contribution is 2.11. The third-order valence-electron chi connectivity index (χ3n) is 2.93. The third kappa shape index (κ3) is 3.13. The molecule has 1 aromatic rings. The molecule has 6 heteroatoms. The monoisotopic (exact) mass is 237 g/mol. The van der Waals surface area contributed by atoms with Gasteiger partial charge in [-0.25, -0.2) is 5.84 Å². The number of carbonyl (C=O) groups is 1. The first-order chi connectivity index (χ1) is 7.97. The van der Waals surface area contributed by atoms with Gasteiger partial charge in [-0.05, 0) is 25.0 Å². The van der Waals surface area contributed by atoms with Crippen molar-refractivity contribution < 1.29 is 4.79 Å². The van der Waals surface area contributed by atoms with Gasteiger partial charge in [0, 0.05) is 13.1 Å². The summed E-state index contributed by atoms with van der Waals surface area (Å²) in [6.45, 7) is 6.15. The van der Waals surface area contributed by atoms with Crippen LogP contribution in [0.4, 0.5) is 5.82 Å². The van der Waals surface area contributed by atoms with Crippen LogP contribution in [0.3, 0.4) is 0 Å². The van der Waals surface area contributed by atoms with Crippen LogP contribution >= 0.6 is 0 Å². The lowest BCUT2D eigenvalue weighted by atomic mass is 10.1. The zero-order chi connectivity index (χ0) is 13.0. The van der Waals surface area contributed by atoms with Crippen LogP contribution in [0.15, 0.2) is 12.1 Å². The molecule has 0 fully saturated rings. The Hall–Kier alpha value is -1.69. The number of nitrogens with two attached hydrogens (primary N) is 1. The zero-order valence-electron chi connectivity index (χ0n) is 10.6. The van der Waals surface area contributed by atoms with Crippen molar-refractivity contribution in [2.45, 2.75) is 26.8 Å². The number of nitrogens with one attached hydrogen (secondary N) is 1. The van der Waals surface area contributed by atoms with Crippen molar-refractivity contribution >= 4 is 11.7 Å². The minimum Gasteiger partial charge on any atom is -0.337 e. The van der Waals surface area contributed by atoms with Crippen molar-refractivity contribution in [1.29, 1.82) is 0 Å². The molecule has 0 saturated carbocycles. The molecular formula is C11H19N5O. The molecular weight excluding hydrogens is 218 g/mol. The van der Waals surface area contributed by atoms with Crippen LogP contribution in [0.1, 0.15) is 31.3 Å². The van der Waals surface area contributed by atoms with Gasteiger partial charge in [0.2, 0.25) is 0 Å². The first-order valence-corrected chi connectivity index (χ1v) is 5.55. The zero-order valence-corrected chi connectivity index (χ0v) is 10.6. The second-order valence-electron chi connectivity index (χ2n) is 4.35. The highest BCUT2D eigenvalue weighted by molar-refractivity contribution is 5.92. The van der Waals surface area contributed by atoms with Gasteiger partial charge in [0.1, 0.15) is 0 Å². The van der Waals surface area contributed by atoms with Crippen LogP contribution in [0, 0.1) is 5.92 Å². The molecule has 1 heterocycles. The van der Waals surface area contributed by atoms with Crippen LogP contribution in [0.25, 0.3) is 0 Å². The largest absolute Gasteiger partial charge is 0.337 e. The van der Waals surface area contributed by atoms with E-state index in [1.165, 1.54) is 0 Å². The van der Waals surface area contributed by atoms with E-state index in [-0.39, 0.29) is 11.9 Å². The van der Waals surface area contributed by atoms with Crippen molar-refractivity contribution in [2.24, 2.45) is 11.8 Å². The maximum Gasteiger partial charge on any atom is 0.274 e. The Morgan fingerprint density at radius 1 is 1.35 bits per heavy atom. The Morgan fingerprint density at radius 2 is 2.00 bits per heavy atom. The molecule has 0 radical (unpaired) electrons. The molecule has 1 aromatic heterocycles. The van der Waals surface area contributed by atoms with E-state index in [2.05, 4.69) is 29.5 Å². The first-order valence-electron chi connectivity index (χ1n) is 5.55. The standard InChI is InChI=1S/C11H19N5O/c1-7(2)8(3)16(4)11(17)9-5-6-10(13-12)15-14-9/h5-8H,12H2,1-4H3,(H,13,15). The van der Waals surface area contributed by atoms with E-state index in [4.69, 9.17) is 5.84 Å². The van der Waals surface area contributed by atoms with E-state index >= 15 is 0 Å². The highest BCUT2D eigenvalue weighted by atomic mass is 16.2. The Balaban J connectivity index is 2.81. The number of hydrazine groups is 1. The molecule has 0 aliphatic rings. The fourth-order valence-corrected chi connectivity index (χ4v) is 1.34. The van der Waals surface area contributed by atoms with Gasteiger partial charge in [0.25, 0.3) is 5.91 Å². The Morgan fingerprint density at radius 3 is 2.41 bits per heavy atom. The summed E-state index contributed by atoms with van der Waals surface area (Å²) in [5.74, 6) is 5.86. The molecule has 0 bridgehead atoms. The molecule has 1 atom stereocenters. The van der Waals surface area contributed by atoms with E-state index in [1.54, 1.807) is 24.1 Å². The lowest BCUT2D eigenvalue weighted by molar-refractivity contribution is 0.0700. The second-order valence-corrected chi connectivity index (χ2v) is 4.35. The molecule has 1 rings (SSSR count). The predicted molar refractivity (Wildman–Crippen MR) is 66.2 cm³/mol. The van der Waals surface area contributed by atoms with E-state index in [0.29, 0.717) is 17.4 Å². The summed E-state index contributed by atoms with van der Waals surface area (Å²) in [6.07, 6.45) is 0. The van der Waals surface area contributed by atoms with E-state index in [9.17, 15) is 4.79 Å². The fraction of sp³-hybridized carbons (Fsp3) is 0.545.